The van der Waals surface area contributed by atoms with Gasteiger partial charge in [0, 0.05) is 33.2 Å². The predicted molar refractivity (Wildman–Crippen MR) is 263 cm³/mol. The van der Waals surface area contributed by atoms with Crippen LogP contribution in [0.3, 0.4) is 0 Å². The van der Waals surface area contributed by atoms with Crippen molar-refractivity contribution >= 4 is 71.3 Å². The average Bonchev–Trinajstić information content (AvgIpc) is 3.73. The molecule has 0 saturated heterocycles. The molecule has 1 heterocycles. The van der Waals surface area contributed by atoms with Crippen LogP contribution in [0.4, 0.5) is 17.1 Å². The molecule has 1 aromatic heterocycles. The summed E-state index contributed by atoms with van der Waals surface area (Å²) in [6.45, 7) is 0. The molecule has 0 bridgehead atoms. The molecule has 0 aliphatic rings. The smallest absolute Gasteiger partial charge is 0.143 e. The standard InChI is InChI=1S/C60H39NO/c1-4-15-40(16-5-1)41-27-31-47(32-28-41)61(49-33-36-57-55(39-49)54-35-29-42-17-10-11-24-50(42)60(54)62-57)48-23-14-22-45(37-48)46-30-34-52-51-25-12-13-26-53(51)58(43-18-6-2-7-19-43)59(56(52)38-46)44-20-8-3-9-21-44/h1-39H. The number of anilines is 3. The third kappa shape index (κ3) is 6.04. The molecule has 290 valence electrons. The van der Waals surface area contributed by atoms with Crippen molar-refractivity contribution in [3.63, 3.8) is 0 Å². The van der Waals surface area contributed by atoms with Crippen molar-refractivity contribution in [3.05, 3.63) is 237 Å². The average molecular weight is 790 g/mol. The Bertz CT molecular complexity index is 3610. The zero-order valence-electron chi connectivity index (χ0n) is 33.9. The van der Waals surface area contributed by atoms with Gasteiger partial charge in [0.05, 0.1) is 0 Å². The summed E-state index contributed by atoms with van der Waals surface area (Å²) in [6.07, 6.45) is 0. The molecule has 62 heavy (non-hydrogen) atoms. The van der Waals surface area contributed by atoms with Gasteiger partial charge in [-0.25, -0.2) is 0 Å². The van der Waals surface area contributed by atoms with Crippen LogP contribution < -0.4 is 4.90 Å². The SMILES string of the molecule is c1ccc(-c2ccc(N(c3cccc(-c4ccc5c(c4)c(-c4ccccc4)c(-c4ccccc4)c4ccccc45)c3)c3ccc4oc5c6ccccc6ccc5c4c3)cc2)cc1. The Kier molecular flexibility index (Phi) is 8.53. The fraction of sp³-hybridized carbons (Fsp3) is 0. The zero-order valence-corrected chi connectivity index (χ0v) is 33.9. The van der Waals surface area contributed by atoms with Crippen molar-refractivity contribution in [2.75, 3.05) is 4.90 Å². The minimum absolute atomic E-state index is 0.876. The second kappa shape index (κ2) is 14.8. The number of rotatable bonds is 7. The van der Waals surface area contributed by atoms with Gasteiger partial charge in [0.25, 0.3) is 0 Å². The van der Waals surface area contributed by atoms with Gasteiger partial charge in [-0.2, -0.15) is 0 Å². The van der Waals surface area contributed by atoms with Crippen LogP contribution in [0.2, 0.25) is 0 Å². The lowest BCUT2D eigenvalue weighted by atomic mass is 9.84. The number of hydrogen-bond donors (Lipinski definition) is 0. The highest BCUT2D eigenvalue weighted by atomic mass is 16.3. The molecule has 0 fully saturated rings. The summed E-state index contributed by atoms with van der Waals surface area (Å²) in [5, 5.41) is 9.48. The van der Waals surface area contributed by atoms with Gasteiger partial charge >= 0.3 is 0 Å². The van der Waals surface area contributed by atoms with Crippen LogP contribution in [-0.2, 0) is 0 Å². The lowest BCUT2D eigenvalue weighted by Gasteiger charge is -2.26. The Morgan fingerprint density at radius 1 is 0.258 bits per heavy atom. The first-order valence-electron chi connectivity index (χ1n) is 21.2. The van der Waals surface area contributed by atoms with Crippen LogP contribution in [0.1, 0.15) is 0 Å². The molecule has 0 aliphatic carbocycles. The third-order valence-corrected chi connectivity index (χ3v) is 12.4. The molecular weight excluding hydrogens is 751 g/mol. The molecule has 0 N–H and O–H groups in total. The molecule has 12 aromatic rings. The quantitative estimate of drug-likeness (QED) is 0.150. The van der Waals surface area contributed by atoms with Crippen molar-refractivity contribution in [3.8, 4) is 44.5 Å². The molecule has 0 amide bonds. The first-order chi connectivity index (χ1) is 30.7. The largest absolute Gasteiger partial charge is 0.455 e. The Morgan fingerprint density at radius 3 is 1.52 bits per heavy atom. The van der Waals surface area contributed by atoms with Crippen LogP contribution in [0.15, 0.2) is 241 Å². The maximum Gasteiger partial charge on any atom is 0.143 e. The molecule has 0 spiro atoms. The molecule has 0 aliphatic heterocycles. The van der Waals surface area contributed by atoms with Gasteiger partial charge < -0.3 is 9.32 Å². The van der Waals surface area contributed by atoms with Gasteiger partial charge in [-0.15, -0.1) is 0 Å². The summed E-state index contributed by atoms with van der Waals surface area (Å²) in [5.74, 6) is 0. The summed E-state index contributed by atoms with van der Waals surface area (Å²) >= 11 is 0. The van der Waals surface area contributed by atoms with Gasteiger partial charge in [0.2, 0.25) is 0 Å². The molecule has 0 radical (unpaired) electrons. The summed E-state index contributed by atoms with van der Waals surface area (Å²) in [7, 11) is 0. The normalized spacial score (nSPS) is 11.5. The maximum absolute atomic E-state index is 6.58. The summed E-state index contributed by atoms with van der Waals surface area (Å²) in [5.41, 5.74) is 14.6. The van der Waals surface area contributed by atoms with E-state index in [0.717, 1.165) is 55.5 Å². The highest BCUT2D eigenvalue weighted by molar-refractivity contribution is 6.22. The van der Waals surface area contributed by atoms with Crippen LogP contribution in [0.25, 0.3) is 98.8 Å². The first kappa shape index (κ1) is 35.7. The minimum atomic E-state index is 0.876. The van der Waals surface area contributed by atoms with E-state index in [9.17, 15) is 0 Å². The number of hydrogen-bond acceptors (Lipinski definition) is 2. The van der Waals surface area contributed by atoms with Crippen LogP contribution in [0.5, 0.6) is 0 Å². The fourth-order valence-electron chi connectivity index (χ4n) is 9.52. The lowest BCUT2D eigenvalue weighted by molar-refractivity contribution is 0.672. The molecular formula is C60H39NO. The van der Waals surface area contributed by atoms with E-state index in [2.05, 4.69) is 241 Å². The van der Waals surface area contributed by atoms with Crippen molar-refractivity contribution in [2.24, 2.45) is 0 Å². The Labute approximate surface area is 360 Å². The third-order valence-electron chi connectivity index (χ3n) is 12.4. The summed E-state index contributed by atoms with van der Waals surface area (Å²) < 4.78 is 6.58. The van der Waals surface area contributed by atoms with E-state index in [1.165, 1.54) is 60.3 Å². The van der Waals surface area contributed by atoms with Gasteiger partial charge in [0.15, 0.2) is 0 Å². The molecule has 2 heteroatoms. The van der Waals surface area contributed by atoms with Gasteiger partial charge in [0.1, 0.15) is 11.2 Å². The van der Waals surface area contributed by atoms with Crippen molar-refractivity contribution in [2.45, 2.75) is 0 Å². The number of benzene rings is 11. The van der Waals surface area contributed by atoms with E-state index < -0.39 is 0 Å². The molecule has 0 atom stereocenters. The second-order valence-electron chi connectivity index (χ2n) is 16.0. The number of furan rings is 1. The zero-order chi connectivity index (χ0) is 41.0. The fourth-order valence-corrected chi connectivity index (χ4v) is 9.52. The van der Waals surface area contributed by atoms with Crippen molar-refractivity contribution in [1.82, 2.24) is 0 Å². The maximum atomic E-state index is 6.58. The second-order valence-corrected chi connectivity index (χ2v) is 16.0. The summed E-state index contributed by atoms with van der Waals surface area (Å²) in [4.78, 5) is 2.37. The Hall–Kier alpha value is -8.20. The van der Waals surface area contributed by atoms with Gasteiger partial charge in [-0.3, -0.25) is 0 Å². The van der Waals surface area contributed by atoms with E-state index in [4.69, 9.17) is 4.42 Å². The van der Waals surface area contributed by atoms with E-state index >= 15 is 0 Å². The van der Waals surface area contributed by atoms with E-state index in [1.807, 2.05) is 0 Å². The Balaban J connectivity index is 1.05. The number of nitrogens with zero attached hydrogens (tertiary/aromatic N) is 1. The van der Waals surface area contributed by atoms with Crippen molar-refractivity contribution in [1.29, 1.82) is 0 Å². The van der Waals surface area contributed by atoms with Gasteiger partial charge in [-0.05, 0) is 126 Å². The van der Waals surface area contributed by atoms with E-state index in [0.29, 0.717) is 0 Å². The van der Waals surface area contributed by atoms with E-state index in [-0.39, 0.29) is 0 Å². The van der Waals surface area contributed by atoms with E-state index in [1.54, 1.807) is 0 Å². The molecule has 11 aromatic carbocycles. The lowest BCUT2D eigenvalue weighted by Crippen LogP contribution is -2.10. The monoisotopic (exact) mass is 789 g/mol. The van der Waals surface area contributed by atoms with Crippen LogP contribution in [-0.4, -0.2) is 0 Å². The minimum Gasteiger partial charge on any atom is -0.455 e. The highest BCUT2D eigenvalue weighted by Gasteiger charge is 2.20. The molecule has 2 nitrogen and oxygen atoms in total. The molecule has 12 rings (SSSR count). The molecule has 0 unspecified atom stereocenters. The Morgan fingerprint density at radius 2 is 0.774 bits per heavy atom. The number of fused-ring (bicyclic) bond motifs is 8. The molecule has 0 saturated carbocycles. The van der Waals surface area contributed by atoms with Crippen LogP contribution in [0, 0.1) is 0 Å². The van der Waals surface area contributed by atoms with Gasteiger partial charge in [-0.1, -0.05) is 182 Å². The summed E-state index contributed by atoms with van der Waals surface area (Å²) in [6, 6.07) is 85.5. The predicted octanol–water partition coefficient (Wildman–Crippen LogP) is 17.2. The first-order valence-corrected chi connectivity index (χ1v) is 21.2. The van der Waals surface area contributed by atoms with Crippen LogP contribution >= 0.6 is 0 Å². The highest BCUT2D eigenvalue weighted by Crippen LogP contribution is 2.46. The van der Waals surface area contributed by atoms with Crippen molar-refractivity contribution < 1.29 is 4.42 Å². The topological polar surface area (TPSA) is 16.4 Å².